The number of rotatable bonds is 6. The fourth-order valence-electron chi connectivity index (χ4n) is 3.20. The van der Waals surface area contributed by atoms with Crippen molar-refractivity contribution in [1.29, 1.82) is 0 Å². The number of fused-ring (bicyclic) bond motifs is 1. The average Bonchev–Trinajstić information content (AvgIpc) is 3.31. The van der Waals surface area contributed by atoms with Crippen molar-refractivity contribution in [2.24, 2.45) is 0 Å². The summed E-state index contributed by atoms with van der Waals surface area (Å²) in [5, 5.41) is 3.45. The lowest BCUT2D eigenvalue weighted by atomic mass is 10.1. The molecule has 1 aromatic carbocycles. The molecule has 0 spiro atoms. The van der Waals surface area contributed by atoms with Crippen molar-refractivity contribution in [3.05, 3.63) is 60.1 Å². The Morgan fingerprint density at radius 3 is 2.70 bits per heavy atom. The van der Waals surface area contributed by atoms with Crippen molar-refractivity contribution in [1.82, 2.24) is 5.32 Å². The first-order valence-electron chi connectivity index (χ1n) is 8.04. The summed E-state index contributed by atoms with van der Waals surface area (Å²) in [7, 11) is 0. The predicted octanol–water partition coefficient (Wildman–Crippen LogP) is 2.12. The van der Waals surface area contributed by atoms with Crippen LogP contribution in [0, 0.1) is 0 Å². The van der Waals surface area contributed by atoms with Crippen molar-refractivity contribution in [2.75, 3.05) is 13.2 Å². The van der Waals surface area contributed by atoms with Crippen molar-refractivity contribution >= 4 is 0 Å². The van der Waals surface area contributed by atoms with E-state index in [4.69, 9.17) is 18.6 Å². The zero-order valence-electron chi connectivity index (χ0n) is 12.9. The van der Waals surface area contributed by atoms with E-state index in [2.05, 4.69) is 17.4 Å². The molecular formula is C18H21NO4. The number of furan rings is 1. The molecule has 5 nitrogen and oxygen atoms in total. The van der Waals surface area contributed by atoms with E-state index in [9.17, 15) is 0 Å². The number of hydrogen-bond donors (Lipinski definition) is 1. The van der Waals surface area contributed by atoms with Crippen LogP contribution in [0.5, 0.6) is 0 Å². The maximum atomic E-state index is 6.01. The molecule has 0 amide bonds. The summed E-state index contributed by atoms with van der Waals surface area (Å²) in [6, 6.07) is 14.2. The minimum atomic E-state index is -0.00406. The highest BCUT2D eigenvalue weighted by molar-refractivity contribution is 5.13. The van der Waals surface area contributed by atoms with Gasteiger partial charge in [-0.3, -0.25) is 0 Å². The summed E-state index contributed by atoms with van der Waals surface area (Å²) in [6.07, 6.45) is 1.74. The minimum Gasteiger partial charge on any atom is -0.468 e. The van der Waals surface area contributed by atoms with E-state index in [1.165, 1.54) is 5.56 Å². The fourth-order valence-corrected chi connectivity index (χ4v) is 3.20. The van der Waals surface area contributed by atoms with Gasteiger partial charge in [-0.05, 0) is 17.7 Å². The Morgan fingerprint density at radius 1 is 1.00 bits per heavy atom. The Kier molecular flexibility index (Phi) is 4.43. The molecule has 4 unspecified atom stereocenters. The molecule has 0 bridgehead atoms. The highest BCUT2D eigenvalue weighted by Gasteiger charge is 2.48. The van der Waals surface area contributed by atoms with Gasteiger partial charge in [-0.15, -0.1) is 0 Å². The second-order valence-corrected chi connectivity index (χ2v) is 6.00. The molecule has 4 atom stereocenters. The third-order valence-electron chi connectivity index (χ3n) is 4.43. The van der Waals surface area contributed by atoms with Crippen LogP contribution in [0.15, 0.2) is 53.1 Å². The first-order chi connectivity index (χ1) is 11.4. The van der Waals surface area contributed by atoms with E-state index in [0.717, 1.165) is 5.76 Å². The highest BCUT2D eigenvalue weighted by atomic mass is 16.6. The van der Waals surface area contributed by atoms with Crippen molar-refractivity contribution in [3.63, 3.8) is 0 Å². The van der Waals surface area contributed by atoms with Gasteiger partial charge >= 0.3 is 0 Å². The van der Waals surface area contributed by atoms with Crippen LogP contribution in [0.2, 0.25) is 0 Å². The molecule has 5 heteroatoms. The van der Waals surface area contributed by atoms with Crippen LogP contribution in [-0.2, 0) is 27.4 Å². The maximum absolute atomic E-state index is 6.01. The SMILES string of the molecule is c1ccc(COC2COC3C(NCc4ccco4)COC23)cc1. The molecule has 2 saturated heterocycles. The molecule has 1 N–H and O–H groups in total. The summed E-state index contributed by atoms with van der Waals surface area (Å²) in [4.78, 5) is 0. The van der Waals surface area contributed by atoms with Gasteiger partial charge in [-0.1, -0.05) is 30.3 Å². The largest absolute Gasteiger partial charge is 0.468 e. The van der Waals surface area contributed by atoms with Crippen LogP contribution < -0.4 is 5.32 Å². The van der Waals surface area contributed by atoms with E-state index in [0.29, 0.717) is 26.4 Å². The summed E-state index contributed by atoms with van der Waals surface area (Å²) < 4.78 is 23.2. The Hall–Kier alpha value is -1.66. The van der Waals surface area contributed by atoms with E-state index in [-0.39, 0.29) is 24.4 Å². The third kappa shape index (κ3) is 3.33. The minimum absolute atomic E-state index is 0.00406. The Labute approximate surface area is 135 Å². The van der Waals surface area contributed by atoms with Gasteiger partial charge in [0.25, 0.3) is 0 Å². The van der Waals surface area contributed by atoms with E-state index < -0.39 is 0 Å². The molecule has 1 aromatic heterocycles. The van der Waals surface area contributed by atoms with Gasteiger partial charge in [-0.25, -0.2) is 0 Å². The molecule has 2 aliphatic rings. The van der Waals surface area contributed by atoms with E-state index in [1.54, 1.807) is 6.26 Å². The topological polar surface area (TPSA) is 52.9 Å². The molecule has 2 aliphatic heterocycles. The molecule has 4 rings (SSSR count). The van der Waals surface area contributed by atoms with Gasteiger partial charge in [0.1, 0.15) is 24.1 Å². The second-order valence-electron chi connectivity index (χ2n) is 6.00. The lowest BCUT2D eigenvalue weighted by Crippen LogP contribution is -2.41. The number of hydrogen-bond acceptors (Lipinski definition) is 5. The van der Waals surface area contributed by atoms with Crippen LogP contribution in [0.25, 0.3) is 0 Å². The average molecular weight is 315 g/mol. The smallest absolute Gasteiger partial charge is 0.117 e. The van der Waals surface area contributed by atoms with E-state index in [1.807, 2.05) is 30.3 Å². The molecule has 0 radical (unpaired) electrons. The first-order valence-corrected chi connectivity index (χ1v) is 8.04. The number of benzene rings is 1. The Balaban J connectivity index is 1.29. The van der Waals surface area contributed by atoms with Gasteiger partial charge in [0, 0.05) is 0 Å². The van der Waals surface area contributed by atoms with Gasteiger partial charge in [0.15, 0.2) is 0 Å². The summed E-state index contributed by atoms with van der Waals surface area (Å²) in [5.41, 5.74) is 1.17. The lowest BCUT2D eigenvalue weighted by molar-refractivity contribution is -0.0393. The van der Waals surface area contributed by atoms with Crippen molar-refractivity contribution in [2.45, 2.75) is 37.5 Å². The molecule has 122 valence electrons. The van der Waals surface area contributed by atoms with Gasteiger partial charge < -0.3 is 23.9 Å². The van der Waals surface area contributed by atoms with Gasteiger partial charge in [0.2, 0.25) is 0 Å². The van der Waals surface area contributed by atoms with Crippen molar-refractivity contribution in [3.8, 4) is 0 Å². The quantitative estimate of drug-likeness (QED) is 0.885. The molecule has 0 aliphatic carbocycles. The molecule has 23 heavy (non-hydrogen) atoms. The van der Waals surface area contributed by atoms with Crippen LogP contribution in [-0.4, -0.2) is 37.6 Å². The third-order valence-corrected chi connectivity index (χ3v) is 4.43. The zero-order valence-corrected chi connectivity index (χ0v) is 12.9. The van der Waals surface area contributed by atoms with Crippen LogP contribution >= 0.6 is 0 Å². The standard InChI is InChI=1S/C18H21NO4/c1-2-5-13(6-3-1)10-21-16-12-23-17-15(11-22-18(16)17)19-9-14-7-4-8-20-14/h1-8,15-19H,9-12H2. The first kappa shape index (κ1) is 14.9. The van der Waals surface area contributed by atoms with Gasteiger partial charge in [0.05, 0.1) is 38.7 Å². The Bertz CT molecular complexity index is 601. The van der Waals surface area contributed by atoms with E-state index >= 15 is 0 Å². The van der Waals surface area contributed by atoms with Crippen LogP contribution in [0.1, 0.15) is 11.3 Å². The fraction of sp³-hybridized carbons (Fsp3) is 0.444. The van der Waals surface area contributed by atoms with Crippen LogP contribution in [0.4, 0.5) is 0 Å². The van der Waals surface area contributed by atoms with Gasteiger partial charge in [-0.2, -0.15) is 0 Å². The molecule has 2 aromatic rings. The molecule has 3 heterocycles. The van der Waals surface area contributed by atoms with Crippen LogP contribution in [0.3, 0.4) is 0 Å². The molecule has 0 saturated carbocycles. The molecular weight excluding hydrogens is 294 g/mol. The van der Waals surface area contributed by atoms with Crippen molar-refractivity contribution < 1.29 is 18.6 Å². The maximum Gasteiger partial charge on any atom is 0.117 e. The number of nitrogens with one attached hydrogen (secondary N) is 1. The monoisotopic (exact) mass is 315 g/mol. The lowest BCUT2D eigenvalue weighted by Gasteiger charge is -2.17. The predicted molar refractivity (Wildman–Crippen MR) is 83.8 cm³/mol. The highest BCUT2D eigenvalue weighted by Crippen LogP contribution is 2.29. The Morgan fingerprint density at radius 2 is 1.87 bits per heavy atom. The molecule has 2 fully saturated rings. The second kappa shape index (κ2) is 6.84. The summed E-state index contributed by atoms with van der Waals surface area (Å²) in [6.45, 7) is 2.50. The summed E-state index contributed by atoms with van der Waals surface area (Å²) >= 11 is 0. The number of ether oxygens (including phenoxy) is 3. The summed E-state index contributed by atoms with van der Waals surface area (Å²) in [5.74, 6) is 0.920. The normalized spacial score (nSPS) is 29.7. The zero-order chi connectivity index (χ0) is 15.5.